The summed E-state index contributed by atoms with van der Waals surface area (Å²) in [4.78, 5) is 28.2. The maximum atomic E-state index is 12.7. The van der Waals surface area contributed by atoms with Gasteiger partial charge in [0.25, 0.3) is 0 Å². The van der Waals surface area contributed by atoms with Gasteiger partial charge in [-0.2, -0.15) is 0 Å². The van der Waals surface area contributed by atoms with Gasteiger partial charge in [0.05, 0.1) is 11.5 Å². The van der Waals surface area contributed by atoms with Crippen molar-refractivity contribution in [2.24, 2.45) is 5.41 Å². The minimum absolute atomic E-state index is 0.00875. The maximum absolute atomic E-state index is 12.7. The molecule has 7 heteroatoms. The van der Waals surface area contributed by atoms with Crippen LogP contribution in [-0.4, -0.2) is 68.2 Å². The molecule has 0 bridgehead atoms. The molecular formula is C15H28N2O4S. The Morgan fingerprint density at radius 3 is 2.23 bits per heavy atom. The average molecular weight is 332 g/mol. The van der Waals surface area contributed by atoms with Crippen LogP contribution in [0.15, 0.2) is 0 Å². The van der Waals surface area contributed by atoms with E-state index in [1.165, 1.54) is 4.90 Å². The third-order valence-corrected chi connectivity index (χ3v) is 6.09. The molecule has 0 aromatic carbocycles. The second-order valence-electron chi connectivity index (χ2n) is 6.68. The molecule has 128 valence electrons. The Balaban J connectivity index is 2.79. The first-order valence-corrected chi connectivity index (χ1v) is 9.58. The quantitative estimate of drug-likeness (QED) is 0.678. The summed E-state index contributed by atoms with van der Waals surface area (Å²) in [7, 11) is 0.236. The van der Waals surface area contributed by atoms with Gasteiger partial charge in [0.1, 0.15) is 5.41 Å². The standard InChI is InChI=1S/C15H28N2O4S/c1-6-7-9-16(4)13(18)15(2,3)14(19)17(5)12-8-10-22(20,21)11-12/h12H,6-11H2,1-5H3. The molecule has 1 fully saturated rings. The summed E-state index contributed by atoms with van der Waals surface area (Å²) in [5.74, 6) is -0.438. The Hall–Kier alpha value is -1.11. The first-order valence-electron chi connectivity index (χ1n) is 7.76. The predicted octanol–water partition coefficient (Wildman–Crippen LogP) is 0.917. The molecule has 0 radical (unpaired) electrons. The van der Waals surface area contributed by atoms with Crippen molar-refractivity contribution in [2.45, 2.75) is 46.1 Å². The molecule has 1 rings (SSSR count). The minimum Gasteiger partial charge on any atom is -0.345 e. The predicted molar refractivity (Wildman–Crippen MR) is 86.2 cm³/mol. The van der Waals surface area contributed by atoms with Crippen molar-refractivity contribution in [2.75, 3.05) is 32.1 Å². The van der Waals surface area contributed by atoms with Crippen LogP contribution in [0.25, 0.3) is 0 Å². The highest BCUT2D eigenvalue weighted by atomic mass is 32.2. The summed E-state index contributed by atoms with van der Waals surface area (Å²) < 4.78 is 23.1. The van der Waals surface area contributed by atoms with Crippen molar-refractivity contribution in [1.29, 1.82) is 0 Å². The molecule has 0 N–H and O–H groups in total. The van der Waals surface area contributed by atoms with Crippen LogP contribution < -0.4 is 0 Å². The molecular weight excluding hydrogens is 304 g/mol. The monoisotopic (exact) mass is 332 g/mol. The molecule has 0 saturated carbocycles. The van der Waals surface area contributed by atoms with Crippen molar-refractivity contribution >= 4 is 21.7 Å². The third-order valence-electron chi connectivity index (χ3n) is 4.34. The lowest BCUT2D eigenvalue weighted by Gasteiger charge is -2.34. The van der Waals surface area contributed by atoms with E-state index < -0.39 is 15.3 Å². The van der Waals surface area contributed by atoms with Gasteiger partial charge in [0, 0.05) is 26.7 Å². The van der Waals surface area contributed by atoms with Crippen molar-refractivity contribution < 1.29 is 18.0 Å². The molecule has 1 heterocycles. The van der Waals surface area contributed by atoms with Crippen LogP contribution in [0.3, 0.4) is 0 Å². The van der Waals surface area contributed by atoms with Gasteiger partial charge < -0.3 is 9.80 Å². The smallest absolute Gasteiger partial charge is 0.237 e. The fourth-order valence-electron chi connectivity index (χ4n) is 2.75. The van der Waals surface area contributed by atoms with Crippen molar-refractivity contribution in [1.82, 2.24) is 9.80 Å². The number of unbranched alkanes of at least 4 members (excludes halogenated alkanes) is 1. The summed E-state index contributed by atoms with van der Waals surface area (Å²) >= 11 is 0. The zero-order valence-corrected chi connectivity index (χ0v) is 15.1. The molecule has 0 spiro atoms. The van der Waals surface area contributed by atoms with Gasteiger partial charge in [-0.1, -0.05) is 13.3 Å². The van der Waals surface area contributed by atoms with Crippen LogP contribution in [0.1, 0.15) is 40.0 Å². The van der Waals surface area contributed by atoms with E-state index in [1.54, 1.807) is 32.8 Å². The number of hydrogen-bond acceptors (Lipinski definition) is 4. The first kappa shape index (κ1) is 18.9. The zero-order valence-electron chi connectivity index (χ0n) is 14.3. The Labute approximate surface area is 133 Å². The van der Waals surface area contributed by atoms with Gasteiger partial charge in [0.2, 0.25) is 11.8 Å². The van der Waals surface area contributed by atoms with Gasteiger partial charge in [-0.15, -0.1) is 0 Å². The number of nitrogens with zero attached hydrogens (tertiary/aromatic N) is 2. The summed E-state index contributed by atoms with van der Waals surface area (Å²) in [6.45, 7) is 5.89. The fourth-order valence-corrected chi connectivity index (χ4v) is 4.53. The van der Waals surface area contributed by atoms with Crippen LogP contribution in [0.2, 0.25) is 0 Å². The lowest BCUT2D eigenvalue weighted by Crippen LogP contribution is -2.51. The molecule has 1 atom stereocenters. The van der Waals surface area contributed by atoms with E-state index in [-0.39, 0.29) is 29.4 Å². The number of carbonyl (C=O) groups excluding carboxylic acids is 2. The number of rotatable bonds is 6. The maximum Gasteiger partial charge on any atom is 0.237 e. The van der Waals surface area contributed by atoms with Crippen LogP contribution >= 0.6 is 0 Å². The van der Waals surface area contributed by atoms with Gasteiger partial charge in [-0.05, 0) is 26.7 Å². The lowest BCUT2D eigenvalue weighted by atomic mass is 9.89. The molecule has 0 aromatic rings. The Morgan fingerprint density at radius 2 is 1.77 bits per heavy atom. The number of sulfone groups is 1. The summed E-state index contributed by atoms with van der Waals surface area (Å²) in [5.41, 5.74) is -1.18. The molecule has 2 amide bonds. The van der Waals surface area contributed by atoms with E-state index in [1.807, 2.05) is 6.92 Å². The molecule has 1 aliphatic rings. The second kappa shape index (κ2) is 6.98. The molecule has 1 aliphatic heterocycles. The molecule has 1 unspecified atom stereocenters. The van der Waals surface area contributed by atoms with E-state index in [4.69, 9.17) is 0 Å². The first-order chi connectivity index (χ1) is 10.0. The van der Waals surface area contributed by atoms with E-state index in [9.17, 15) is 18.0 Å². The Bertz CT molecular complexity index is 528. The highest BCUT2D eigenvalue weighted by Gasteiger charge is 2.43. The molecule has 1 saturated heterocycles. The van der Waals surface area contributed by atoms with Crippen molar-refractivity contribution in [3.63, 3.8) is 0 Å². The van der Waals surface area contributed by atoms with Crippen LogP contribution in [0, 0.1) is 5.41 Å². The van der Waals surface area contributed by atoms with Crippen LogP contribution in [0.5, 0.6) is 0 Å². The van der Waals surface area contributed by atoms with E-state index >= 15 is 0 Å². The van der Waals surface area contributed by atoms with E-state index in [0.717, 1.165) is 12.8 Å². The molecule has 6 nitrogen and oxygen atoms in total. The second-order valence-corrected chi connectivity index (χ2v) is 8.91. The van der Waals surface area contributed by atoms with Gasteiger partial charge in [-0.3, -0.25) is 9.59 Å². The third kappa shape index (κ3) is 4.21. The van der Waals surface area contributed by atoms with Crippen molar-refractivity contribution in [3.8, 4) is 0 Å². The summed E-state index contributed by atoms with van der Waals surface area (Å²) in [5, 5.41) is 0. The normalized spacial score (nSPS) is 20.7. The number of hydrogen-bond donors (Lipinski definition) is 0. The van der Waals surface area contributed by atoms with Crippen molar-refractivity contribution in [3.05, 3.63) is 0 Å². The van der Waals surface area contributed by atoms with Crippen LogP contribution in [-0.2, 0) is 19.4 Å². The summed E-state index contributed by atoms with van der Waals surface area (Å²) in [6, 6.07) is -0.328. The van der Waals surface area contributed by atoms with E-state index in [2.05, 4.69) is 0 Å². The Kier molecular flexibility index (Phi) is 6.01. The molecule has 22 heavy (non-hydrogen) atoms. The van der Waals surface area contributed by atoms with E-state index in [0.29, 0.717) is 13.0 Å². The minimum atomic E-state index is -3.06. The Morgan fingerprint density at radius 1 is 1.18 bits per heavy atom. The largest absolute Gasteiger partial charge is 0.345 e. The SMILES string of the molecule is CCCCN(C)C(=O)C(C)(C)C(=O)N(C)C1CCS(=O)(=O)C1. The number of carbonyl (C=O) groups is 2. The summed E-state index contributed by atoms with van der Waals surface area (Å²) in [6.07, 6.45) is 2.32. The number of amides is 2. The fraction of sp³-hybridized carbons (Fsp3) is 0.867. The van der Waals surface area contributed by atoms with Gasteiger partial charge in [-0.25, -0.2) is 8.42 Å². The lowest BCUT2D eigenvalue weighted by molar-refractivity contribution is -0.153. The zero-order chi connectivity index (χ0) is 17.1. The molecule has 0 aliphatic carbocycles. The van der Waals surface area contributed by atoms with Gasteiger partial charge >= 0.3 is 0 Å². The average Bonchev–Trinajstić information content (AvgIpc) is 2.82. The van der Waals surface area contributed by atoms with Crippen LogP contribution in [0.4, 0.5) is 0 Å². The highest BCUT2D eigenvalue weighted by Crippen LogP contribution is 2.25. The topological polar surface area (TPSA) is 74.8 Å². The molecule has 0 aromatic heterocycles. The highest BCUT2D eigenvalue weighted by molar-refractivity contribution is 7.91. The van der Waals surface area contributed by atoms with Gasteiger partial charge in [0.15, 0.2) is 9.84 Å².